The van der Waals surface area contributed by atoms with Crippen LogP contribution in [0.3, 0.4) is 0 Å². The summed E-state index contributed by atoms with van der Waals surface area (Å²) in [4.78, 5) is 46.1. The number of carbonyl (C=O) groups excluding carboxylic acids is 3. The number of anilines is 1. The summed E-state index contributed by atoms with van der Waals surface area (Å²) < 4.78 is 11.4. The van der Waals surface area contributed by atoms with Gasteiger partial charge >= 0.3 is 0 Å². The van der Waals surface area contributed by atoms with Crippen LogP contribution < -0.4 is 20.1 Å². The molecule has 3 amide bonds. The summed E-state index contributed by atoms with van der Waals surface area (Å²) in [6.45, 7) is 5.00. The molecule has 45 heavy (non-hydrogen) atoms. The number of aromatic nitrogens is 1. The van der Waals surface area contributed by atoms with Gasteiger partial charge in [0.2, 0.25) is 5.91 Å². The number of nitrogens with zero attached hydrogens (tertiary/aromatic N) is 4. The van der Waals surface area contributed by atoms with Gasteiger partial charge in [-0.25, -0.2) is 0 Å². The number of likely N-dealkylation sites (tertiary alicyclic amines) is 2. The van der Waals surface area contributed by atoms with Crippen molar-refractivity contribution >= 4 is 23.4 Å². The molecule has 1 aromatic heterocycles. The minimum atomic E-state index is -0.206. The molecule has 2 fully saturated rings. The number of benzene rings is 2. The lowest BCUT2D eigenvalue weighted by atomic mass is 10.0. The molecule has 0 unspecified atom stereocenters. The molecule has 0 spiro atoms. The molecule has 2 N–H and O–H groups in total. The summed E-state index contributed by atoms with van der Waals surface area (Å²) in [7, 11) is 1.56. The highest BCUT2D eigenvalue weighted by Gasteiger charge is 2.27. The predicted octanol–water partition coefficient (Wildman–Crippen LogP) is 4.00. The number of pyridine rings is 1. The van der Waals surface area contributed by atoms with Gasteiger partial charge in [-0.05, 0) is 54.8 Å². The number of carbonyl (C=O) groups is 3. The van der Waals surface area contributed by atoms with Crippen molar-refractivity contribution in [3.05, 3.63) is 83.2 Å². The number of rotatable bonds is 9. The molecule has 0 aliphatic carbocycles. The fourth-order valence-corrected chi connectivity index (χ4v) is 5.65. The van der Waals surface area contributed by atoms with Crippen LogP contribution in [0.5, 0.6) is 11.5 Å². The van der Waals surface area contributed by atoms with Crippen LogP contribution in [0, 0.1) is 11.3 Å². The Bertz CT molecular complexity index is 1540. The number of hydrogen-bond donors (Lipinski definition) is 2. The highest BCUT2D eigenvalue weighted by Crippen LogP contribution is 2.31. The van der Waals surface area contributed by atoms with Crippen LogP contribution in [0.2, 0.25) is 0 Å². The van der Waals surface area contributed by atoms with E-state index in [-0.39, 0.29) is 29.9 Å². The van der Waals surface area contributed by atoms with Crippen LogP contribution in [0.25, 0.3) is 0 Å². The average molecular weight is 611 g/mol. The first-order valence-electron chi connectivity index (χ1n) is 15.2. The van der Waals surface area contributed by atoms with Gasteiger partial charge < -0.3 is 25.0 Å². The standard InChI is InChI=1S/C34H38N6O5/c1-23(41)37-31-19-29(44-2)8-10-32(31)45-28-13-17-40(18-14-28)34(43)30-9-7-26(21-36-30)33(42)38-27-11-15-39(16-12-27)22-25-5-3-24(20-35)4-6-25/h3-10,19,21,27-28H,11-18,22H2,1-2H3,(H,37,41)(H,38,42). The van der Waals surface area contributed by atoms with Crippen molar-refractivity contribution in [2.24, 2.45) is 0 Å². The lowest BCUT2D eigenvalue weighted by molar-refractivity contribution is -0.114. The highest BCUT2D eigenvalue weighted by atomic mass is 16.5. The van der Waals surface area contributed by atoms with E-state index in [0.717, 1.165) is 32.5 Å². The molecule has 3 aromatic rings. The quantitative estimate of drug-likeness (QED) is 0.371. The van der Waals surface area contributed by atoms with E-state index in [1.54, 1.807) is 42.3 Å². The van der Waals surface area contributed by atoms with Crippen LogP contribution in [-0.2, 0) is 11.3 Å². The van der Waals surface area contributed by atoms with Crippen LogP contribution in [0.4, 0.5) is 5.69 Å². The maximum absolute atomic E-state index is 13.1. The third-order valence-electron chi connectivity index (χ3n) is 8.18. The van der Waals surface area contributed by atoms with E-state index >= 15 is 0 Å². The molecule has 11 heteroatoms. The molecule has 11 nitrogen and oxygen atoms in total. The Morgan fingerprint density at radius 3 is 2.33 bits per heavy atom. The predicted molar refractivity (Wildman–Crippen MR) is 168 cm³/mol. The molecular formula is C34H38N6O5. The Morgan fingerprint density at radius 2 is 1.71 bits per heavy atom. The summed E-state index contributed by atoms with van der Waals surface area (Å²) in [5.41, 5.74) is 3.08. The second-order valence-electron chi connectivity index (χ2n) is 11.4. The summed E-state index contributed by atoms with van der Waals surface area (Å²) in [6, 6.07) is 18.4. The minimum absolute atomic E-state index is 0.0757. The van der Waals surface area contributed by atoms with Crippen molar-refractivity contribution in [1.82, 2.24) is 20.1 Å². The van der Waals surface area contributed by atoms with Gasteiger partial charge in [0.25, 0.3) is 11.8 Å². The Balaban J connectivity index is 1.07. The third-order valence-corrected chi connectivity index (χ3v) is 8.18. The largest absolute Gasteiger partial charge is 0.497 e. The normalized spacial score (nSPS) is 16.0. The second-order valence-corrected chi connectivity index (χ2v) is 11.4. The van der Waals surface area contributed by atoms with Crippen LogP contribution in [-0.4, -0.2) is 77.9 Å². The van der Waals surface area contributed by atoms with E-state index in [4.69, 9.17) is 14.7 Å². The Labute approximate surface area is 263 Å². The fourth-order valence-electron chi connectivity index (χ4n) is 5.65. The molecule has 2 saturated heterocycles. The number of piperidine rings is 2. The van der Waals surface area contributed by atoms with Crippen molar-refractivity contribution in [1.29, 1.82) is 5.26 Å². The average Bonchev–Trinajstić information content (AvgIpc) is 3.06. The SMILES string of the molecule is COc1ccc(OC2CCN(C(=O)c3ccc(C(=O)NC4CCN(Cc5ccc(C#N)cc5)CC4)cn3)CC2)c(NC(C)=O)c1. The Morgan fingerprint density at radius 1 is 0.978 bits per heavy atom. The van der Waals surface area contributed by atoms with Gasteiger partial charge in [-0.2, -0.15) is 5.26 Å². The molecule has 2 aliphatic heterocycles. The summed E-state index contributed by atoms with van der Waals surface area (Å²) in [5, 5.41) is 14.9. The first-order valence-corrected chi connectivity index (χ1v) is 15.2. The molecule has 3 heterocycles. The zero-order valence-corrected chi connectivity index (χ0v) is 25.6. The van der Waals surface area contributed by atoms with E-state index in [9.17, 15) is 14.4 Å². The van der Waals surface area contributed by atoms with Crippen LogP contribution in [0.15, 0.2) is 60.8 Å². The lowest BCUT2D eigenvalue weighted by Crippen LogP contribution is -2.44. The van der Waals surface area contributed by atoms with Gasteiger partial charge in [-0.3, -0.25) is 24.3 Å². The van der Waals surface area contributed by atoms with E-state index in [2.05, 4.69) is 26.6 Å². The maximum Gasteiger partial charge on any atom is 0.272 e. The van der Waals surface area contributed by atoms with Gasteiger partial charge in [0.1, 0.15) is 23.3 Å². The van der Waals surface area contributed by atoms with E-state index in [1.165, 1.54) is 18.7 Å². The van der Waals surface area contributed by atoms with Crippen molar-refractivity contribution < 1.29 is 23.9 Å². The summed E-state index contributed by atoms with van der Waals surface area (Å²) in [6.07, 6.45) is 4.30. The van der Waals surface area contributed by atoms with Gasteiger partial charge in [-0.1, -0.05) is 12.1 Å². The summed E-state index contributed by atoms with van der Waals surface area (Å²) in [5.74, 6) is 0.586. The van der Waals surface area contributed by atoms with Crippen molar-refractivity contribution in [3.63, 3.8) is 0 Å². The molecule has 5 rings (SSSR count). The summed E-state index contributed by atoms with van der Waals surface area (Å²) >= 11 is 0. The van der Waals surface area contributed by atoms with Gasteiger partial charge in [0.15, 0.2) is 0 Å². The lowest BCUT2D eigenvalue weighted by Gasteiger charge is -2.32. The molecule has 0 radical (unpaired) electrons. The first kappa shape index (κ1) is 31.5. The molecular weight excluding hydrogens is 572 g/mol. The number of ether oxygens (including phenoxy) is 2. The number of hydrogen-bond acceptors (Lipinski definition) is 8. The second kappa shape index (κ2) is 14.7. The van der Waals surface area contributed by atoms with E-state index in [0.29, 0.717) is 59.9 Å². The van der Waals surface area contributed by atoms with E-state index < -0.39 is 0 Å². The van der Waals surface area contributed by atoms with Crippen LogP contribution in [0.1, 0.15) is 64.6 Å². The number of nitrogens with one attached hydrogen (secondary N) is 2. The topological polar surface area (TPSA) is 137 Å². The maximum atomic E-state index is 13.1. The number of amides is 3. The minimum Gasteiger partial charge on any atom is -0.497 e. The zero-order chi connectivity index (χ0) is 31.8. The number of nitriles is 1. The smallest absolute Gasteiger partial charge is 0.272 e. The van der Waals surface area contributed by atoms with Crippen molar-refractivity contribution in [2.45, 2.75) is 51.3 Å². The van der Waals surface area contributed by atoms with E-state index in [1.807, 2.05) is 24.3 Å². The fraction of sp³-hybridized carbons (Fsp3) is 0.382. The van der Waals surface area contributed by atoms with Crippen molar-refractivity contribution in [3.8, 4) is 17.6 Å². The van der Waals surface area contributed by atoms with Gasteiger partial charge in [-0.15, -0.1) is 0 Å². The molecule has 0 saturated carbocycles. The molecule has 2 aromatic carbocycles. The highest BCUT2D eigenvalue weighted by molar-refractivity contribution is 5.96. The zero-order valence-electron chi connectivity index (χ0n) is 25.6. The molecule has 2 aliphatic rings. The third kappa shape index (κ3) is 8.37. The molecule has 0 bridgehead atoms. The van der Waals surface area contributed by atoms with Gasteiger partial charge in [0, 0.05) is 70.8 Å². The Hall–Kier alpha value is -4.95. The first-order chi connectivity index (χ1) is 21.8. The Kier molecular flexibility index (Phi) is 10.3. The van der Waals surface area contributed by atoms with Crippen LogP contribution >= 0.6 is 0 Å². The molecule has 234 valence electrons. The number of methoxy groups -OCH3 is 1. The monoisotopic (exact) mass is 610 g/mol. The molecule has 0 atom stereocenters. The van der Waals surface area contributed by atoms with Gasteiger partial charge in [0.05, 0.1) is 30.0 Å². The van der Waals surface area contributed by atoms with Crippen molar-refractivity contribution in [2.75, 3.05) is 38.6 Å².